The third-order valence-corrected chi connectivity index (χ3v) is 2.06. The topological polar surface area (TPSA) is 15.6 Å². The molecule has 12 heavy (non-hydrogen) atoms. The van der Waals surface area contributed by atoms with Crippen molar-refractivity contribution < 1.29 is 0 Å². The van der Waals surface area contributed by atoms with Crippen molar-refractivity contribution in [3.63, 3.8) is 0 Å². The lowest BCUT2D eigenvalue weighted by Crippen LogP contribution is -2.01. The van der Waals surface area contributed by atoms with E-state index >= 15 is 0 Å². The quantitative estimate of drug-likeness (QED) is 0.559. The van der Waals surface area contributed by atoms with Crippen LogP contribution < -0.4 is 0 Å². The van der Waals surface area contributed by atoms with Gasteiger partial charge in [-0.1, -0.05) is 34.1 Å². The van der Waals surface area contributed by atoms with Crippen LogP contribution in [-0.2, 0) is 0 Å². The Morgan fingerprint density at radius 1 is 1.33 bits per heavy atom. The first-order valence-electron chi connectivity index (χ1n) is 3.66. The molecular formula is C9H11BrN2. The van der Waals surface area contributed by atoms with Gasteiger partial charge >= 0.3 is 0 Å². The Morgan fingerprint density at radius 3 is 2.58 bits per heavy atom. The maximum atomic E-state index is 4.13. The SMILES string of the molecule is CN(C)/N=C\c1ccccc1Br. The third-order valence-electron chi connectivity index (χ3n) is 1.33. The van der Waals surface area contributed by atoms with Crippen molar-refractivity contribution in [2.24, 2.45) is 5.10 Å². The third kappa shape index (κ3) is 2.66. The predicted octanol–water partition coefficient (Wildman–Crippen LogP) is 2.34. The molecule has 0 saturated heterocycles. The summed E-state index contributed by atoms with van der Waals surface area (Å²) in [5.74, 6) is 0. The lowest BCUT2D eigenvalue weighted by atomic mass is 10.2. The van der Waals surface area contributed by atoms with Crippen molar-refractivity contribution in [3.8, 4) is 0 Å². The molecule has 2 nitrogen and oxygen atoms in total. The molecule has 0 aliphatic rings. The largest absolute Gasteiger partial charge is 0.303 e. The van der Waals surface area contributed by atoms with Gasteiger partial charge in [0.25, 0.3) is 0 Å². The molecule has 3 heteroatoms. The van der Waals surface area contributed by atoms with Gasteiger partial charge in [0, 0.05) is 24.1 Å². The van der Waals surface area contributed by atoms with Gasteiger partial charge in [-0.15, -0.1) is 0 Å². The number of nitrogens with zero attached hydrogens (tertiary/aromatic N) is 2. The van der Waals surface area contributed by atoms with Crippen molar-refractivity contribution in [1.29, 1.82) is 0 Å². The fourth-order valence-corrected chi connectivity index (χ4v) is 1.14. The van der Waals surface area contributed by atoms with Gasteiger partial charge in [-0.3, -0.25) is 0 Å². The zero-order valence-corrected chi connectivity index (χ0v) is 8.75. The Bertz CT molecular complexity index is 282. The smallest absolute Gasteiger partial charge is 0.0554 e. The molecule has 0 atom stereocenters. The molecule has 64 valence electrons. The molecular weight excluding hydrogens is 216 g/mol. The molecule has 0 aromatic heterocycles. The van der Waals surface area contributed by atoms with Crippen molar-refractivity contribution in [3.05, 3.63) is 34.3 Å². The van der Waals surface area contributed by atoms with Crippen LogP contribution >= 0.6 is 15.9 Å². The van der Waals surface area contributed by atoms with Crippen LogP contribution in [0.5, 0.6) is 0 Å². The van der Waals surface area contributed by atoms with E-state index in [4.69, 9.17) is 0 Å². The molecule has 1 rings (SSSR count). The van der Waals surface area contributed by atoms with Crippen LogP contribution in [0.15, 0.2) is 33.8 Å². The van der Waals surface area contributed by atoms with Crippen LogP contribution in [0.4, 0.5) is 0 Å². The highest BCUT2D eigenvalue weighted by Gasteiger charge is 1.92. The zero-order chi connectivity index (χ0) is 8.97. The van der Waals surface area contributed by atoms with Gasteiger partial charge in [0.05, 0.1) is 6.21 Å². The van der Waals surface area contributed by atoms with E-state index in [9.17, 15) is 0 Å². The summed E-state index contributed by atoms with van der Waals surface area (Å²) in [7, 11) is 3.79. The van der Waals surface area contributed by atoms with Crippen molar-refractivity contribution in [1.82, 2.24) is 5.01 Å². The molecule has 0 aliphatic heterocycles. The standard InChI is InChI=1S/C9H11BrN2/c1-12(2)11-7-8-5-3-4-6-9(8)10/h3-7H,1-2H3/b11-7-. The zero-order valence-electron chi connectivity index (χ0n) is 7.16. The normalized spacial score (nSPS) is 10.6. The molecule has 0 bridgehead atoms. The summed E-state index contributed by atoms with van der Waals surface area (Å²) in [6.07, 6.45) is 1.82. The van der Waals surface area contributed by atoms with Crippen molar-refractivity contribution in [2.75, 3.05) is 14.1 Å². The summed E-state index contributed by atoms with van der Waals surface area (Å²) in [5.41, 5.74) is 1.09. The minimum Gasteiger partial charge on any atom is -0.303 e. The summed E-state index contributed by atoms with van der Waals surface area (Å²) < 4.78 is 1.07. The molecule has 0 heterocycles. The average molecular weight is 227 g/mol. The van der Waals surface area contributed by atoms with Crippen molar-refractivity contribution in [2.45, 2.75) is 0 Å². The first-order chi connectivity index (χ1) is 5.70. The van der Waals surface area contributed by atoms with E-state index < -0.39 is 0 Å². The second kappa shape index (κ2) is 4.26. The Labute approximate surface area is 81.0 Å². The van der Waals surface area contributed by atoms with Crippen LogP contribution in [0.25, 0.3) is 0 Å². The lowest BCUT2D eigenvalue weighted by Gasteiger charge is -2.02. The summed E-state index contributed by atoms with van der Waals surface area (Å²) in [6, 6.07) is 7.98. The molecule has 0 saturated carbocycles. The molecule has 0 spiro atoms. The van der Waals surface area contributed by atoms with Crippen molar-refractivity contribution >= 4 is 22.1 Å². The number of rotatable bonds is 2. The highest BCUT2D eigenvalue weighted by atomic mass is 79.9. The Morgan fingerprint density at radius 2 is 2.00 bits per heavy atom. The van der Waals surface area contributed by atoms with E-state index in [-0.39, 0.29) is 0 Å². The van der Waals surface area contributed by atoms with E-state index in [1.54, 1.807) is 5.01 Å². The monoisotopic (exact) mass is 226 g/mol. The molecule has 0 fully saturated rings. The van der Waals surface area contributed by atoms with E-state index in [2.05, 4.69) is 21.0 Å². The number of hydrogen-bond donors (Lipinski definition) is 0. The molecule has 1 aromatic carbocycles. The summed E-state index contributed by atoms with van der Waals surface area (Å²) in [4.78, 5) is 0. The summed E-state index contributed by atoms with van der Waals surface area (Å²) in [6.45, 7) is 0. The van der Waals surface area contributed by atoms with Gasteiger partial charge in [0.1, 0.15) is 0 Å². The summed E-state index contributed by atoms with van der Waals surface area (Å²) >= 11 is 3.44. The number of hydrogen-bond acceptors (Lipinski definition) is 2. The van der Waals surface area contributed by atoms with Gasteiger partial charge in [-0.25, -0.2) is 0 Å². The van der Waals surface area contributed by atoms with Gasteiger partial charge < -0.3 is 5.01 Å². The molecule has 0 radical (unpaired) electrons. The van der Waals surface area contributed by atoms with Crippen LogP contribution in [0.2, 0.25) is 0 Å². The second-order valence-electron chi connectivity index (χ2n) is 2.61. The second-order valence-corrected chi connectivity index (χ2v) is 3.47. The Balaban J connectivity index is 2.82. The minimum absolute atomic E-state index is 1.07. The van der Waals surface area contributed by atoms with Gasteiger partial charge in [-0.05, 0) is 6.07 Å². The number of benzene rings is 1. The van der Waals surface area contributed by atoms with Gasteiger partial charge in [-0.2, -0.15) is 5.10 Å². The molecule has 0 aliphatic carbocycles. The maximum absolute atomic E-state index is 4.13. The predicted molar refractivity (Wildman–Crippen MR) is 55.4 cm³/mol. The minimum atomic E-state index is 1.07. The average Bonchev–Trinajstić information content (AvgIpc) is 2.03. The molecule has 0 N–H and O–H groups in total. The maximum Gasteiger partial charge on any atom is 0.0554 e. The highest BCUT2D eigenvalue weighted by molar-refractivity contribution is 9.10. The van der Waals surface area contributed by atoms with Crippen LogP contribution in [-0.4, -0.2) is 25.3 Å². The van der Waals surface area contributed by atoms with E-state index in [1.165, 1.54) is 0 Å². The van der Waals surface area contributed by atoms with Gasteiger partial charge in [0.2, 0.25) is 0 Å². The van der Waals surface area contributed by atoms with Gasteiger partial charge in [0.15, 0.2) is 0 Å². The Kier molecular flexibility index (Phi) is 3.29. The fourth-order valence-electron chi connectivity index (χ4n) is 0.757. The highest BCUT2D eigenvalue weighted by Crippen LogP contribution is 2.13. The van der Waals surface area contributed by atoms with E-state index in [0.717, 1.165) is 10.0 Å². The summed E-state index contributed by atoms with van der Waals surface area (Å²) in [5, 5.41) is 5.90. The number of halogens is 1. The lowest BCUT2D eigenvalue weighted by molar-refractivity contribution is 0.440. The molecule has 0 unspecified atom stereocenters. The van der Waals surface area contributed by atoms with E-state index in [0.29, 0.717) is 0 Å². The molecule has 0 amide bonds. The molecule has 1 aromatic rings. The van der Waals surface area contributed by atoms with Crippen LogP contribution in [0.1, 0.15) is 5.56 Å². The fraction of sp³-hybridized carbons (Fsp3) is 0.222. The first kappa shape index (κ1) is 9.26. The van der Waals surface area contributed by atoms with E-state index in [1.807, 2.05) is 44.6 Å². The van der Waals surface area contributed by atoms with Crippen LogP contribution in [0, 0.1) is 0 Å². The Hall–Kier alpha value is -0.830. The van der Waals surface area contributed by atoms with Crippen LogP contribution in [0.3, 0.4) is 0 Å². The number of hydrazone groups is 1. The first-order valence-corrected chi connectivity index (χ1v) is 4.45.